The SMILES string of the molecule is CN(C(=O)OC(C)(C)C)c1ccc(N2C[C@H](CO)OC2=O)cc1F. The van der Waals surface area contributed by atoms with Crippen LogP contribution in [-0.2, 0) is 9.47 Å². The maximum Gasteiger partial charge on any atom is 0.414 e. The van der Waals surface area contributed by atoms with Gasteiger partial charge in [-0.15, -0.1) is 0 Å². The van der Waals surface area contributed by atoms with Crippen LogP contribution in [0.5, 0.6) is 0 Å². The number of carbonyl (C=O) groups is 2. The van der Waals surface area contributed by atoms with Gasteiger partial charge in [-0.05, 0) is 39.0 Å². The Bertz CT molecular complexity index is 644. The Kier molecular flexibility index (Phi) is 4.98. The number of benzene rings is 1. The van der Waals surface area contributed by atoms with Gasteiger partial charge in [-0.1, -0.05) is 0 Å². The lowest BCUT2D eigenvalue weighted by molar-refractivity contribution is 0.0588. The molecule has 1 aromatic rings. The van der Waals surface area contributed by atoms with E-state index in [-0.39, 0.29) is 24.5 Å². The van der Waals surface area contributed by atoms with Crippen molar-refractivity contribution in [2.75, 3.05) is 30.0 Å². The number of ether oxygens (including phenoxy) is 2. The molecule has 132 valence electrons. The van der Waals surface area contributed by atoms with Gasteiger partial charge in [-0.2, -0.15) is 0 Å². The molecule has 7 nitrogen and oxygen atoms in total. The van der Waals surface area contributed by atoms with E-state index in [9.17, 15) is 14.0 Å². The monoisotopic (exact) mass is 340 g/mol. The molecule has 0 aliphatic carbocycles. The highest BCUT2D eigenvalue weighted by Gasteiger charge is 2.32. The zero-order chi connectivity index (χ0) is 18.1. The van der Waals surface area contributed by atoms with Crippen molar-refractivity contribution < 1.29 is 28.6 Å². The zero-order valence-corrected chi connectivity index (χ0v) is 14.1. The molecule has 8 heteroatoms. The maximum absolute atomic E-state index is 14.4. The number of hydrogen-bond acceptors (Lipinski definition) is 5. The summed E-state index contributed by atoms with van der Waals surface area (Å²) in [5.74, 6) is -0.680. The first-order valence-electron chi connectivity index (χ1n) is 7.47. The van der Waals surface area contributed by atoms with E-state index in [2.05, 4.69) is 0 Å². The van der Waals surface area contributed by atoms with Crippen LogP contribution in [-0.4, -0.2) is 49.2 Å². The minimum absolute atomic E-state index is 0.0271. The number of rotatable bonds is 3. The number of anilines is 2. The Morgan fingerprint density at radius 1 is 1.50 bits per heavy atom. The number of cyclic esters (lactones) is 1. The zero-order valence-electron chi connectivity index (χ0n) is 14.1. The van der Waals surface area contributed by atoms with E-state index < -0.39 is 29.7 Å². The molecule has 0 aromatic heterocycles. The smallest absolute Gasteiger partial charge is 0.414 e. The molecule has 24 heavy (non-hydrogen) atoms. The molecule has 0 spiro atoms. The highest BCUT2D eigenvalue weighted by molar-refractivity contribution is 5.91. The minimum Gasteiger partial charge on any atom is -0.443 e. The lowest BCUT2D eigenvalue weighted by atomic mass is 10.2. The van der Waals surface area contributed by atoms with Gasteiger partial charge in [0.1, 0.15) is 17.5 Å². The van der Waals surface area contributed by atoms with Crippen molar-refractivity contribution in [3.8, 4) is 0 Å². The number of aliphatic hydroxyl groups is 1. The van der Waals surface area contributed by atoms with Gasteiger partial charge >= 0.3 is 12.2 Å². The van der Waals surface area contributed by atoms with Crippen molar-refractivity contribution in [2.45, 2.75) is 32.5 Å². The summed E-state index contributed by atoms with van der Waals surface area (Å²) in [6.45, 7) is 4.98. The molecule has 1 saturated heterocycles. The van der Waals surface area contributed by atoms with Gasteiger partial charge in [0.2, 0.25) is 0 Å². The molecule has 0 radical (unpaired) electrons. The molecule has 1 N–H and O–H groups in total. The fourth-order valence-electron chi connectivity index (χ4n) is 2.19. The lowest BCUT2D eigenvalue weighted by Gasteiger charge is -2.25. The Balaban J connectivity index is 2.18. The van der Waals surface area contributed by atoms with Gasteiger partial charge in [0.15, 0.2) is 0 Å². The Labute approximate surface area is 139 Å². The van der Waals surface area contributed by atoms with Crippen molar-refractivity contribution in [1.29, 1.82) is 0 Å². The van der Waals surface area contributed by atoms with E-state index in [0.29, 0.717) is 0 Å². The highest BCUT2D eigenvalue weighted by atomic mass is 19.1. The number of carbonyl (C=O) groups excluding carboxylic acids is 2. The summed E-state index contributed by atoms with van der Waals surface area (Å²) in [5.41, 5.74) is -0.380. The average molecular weight is 340 g/mol. The minimum atomic E-state index is -0.694. The van der Waals surface area contributed by atoms with Crippen LogP contribution in [0.25, 0.3) is 0 Å². The lowest BCUT2D eigenvalue weighted by Crippen LogP contribution is -2.34. The van der Waals surface area contributed by atoms with Crippen molar-refractivity contribution in [1.82, 2.24) is 0 Å². The molecule has 1 aromatic carbocycles. The summed E-state index contributed by atoms with van der Waals surface area (Å²) >= 11 is 0. The second kappa shape index (κ2) is 6.64. The van der Waals surface area contributed by atoms with E-state index in [1.165, 1.54) is 24.1 Å². The number of aliphatic hydroxyl groups excluding tert-OH is 1. The van der Waals surface area contributed by atoms with Crippen molar-refractivity contribution in [3.05, 3.63) is 24.0 Å². The maximum atomic E-state index is 14.4. The van der Waals surface area contributed by atoms with Gasteiger partial charge in [0.05, 0.1) is 24.5 Å². The molecule has 0 saturated carbocycles. The Hall–Kier alpha value is -2.35. The molecule has 1 atom stereocenters. The summed E-state index contributed by atoms with van der Waals surface area (Å²) in [5, 5.41) is 9.04. The molecule has 1 fully saturated rings. The van der Waals surface area contributed by atoms with Crippen LogP contribution in [0, 0.1) is 5.82 Å². The number of nitrogens with zero attached hydrogens (tertiary/aromatic N) is 2. The normalized spacial score (nSPS) is 17.7. The first-order chi connectivity index (χ1) is 11.1. The van der Waals surface area contributed by atoms with Crippen LogP contribution in [0.4, 0.5) is 25.4 Å². The van der Waals surface area contributed by atoms with Crippen molar-refractivity contribution in [2.24, 2.45) is 0 Å². The van der Waals surface area contributed by atoms with E-state index >= 15 is 0 Å². The van der Waals surface area contributed by atoms with Crippen LogP contribution in [0.3, 0.4) is 0 Å². The van der Waals surface area contributed by atoms with E-state index in [1.54, 1.807) is 20.8 Å². The standard InChI is InChI=1S/C16H21FN2O5/c1-16(2,3)24-14(21)18(4)13-6-5-10(7-12(13)17)19-8-11(9-20)23-15(19)22/h5-7,11,20H,8-9H2,1-4H3/t11-/m1/s1. The van der Waals surface area contributed by atoms with Gasteiger partial charge in [0.25, 0.3) is 0 Å². The summed E-state index contributed by atoms with van der Waals surface area (Å²) in [6.07, 6.45) is -1.97. The first kappa shape index (κ1) is 18.0. The molecule has 1 aliphatic heterocycles. The predicted octanol–water partition coefficient (Wildman–Crippen LogP) is 2.51. The van der Waals surface area contributed by atoms with Crippen LogP contribution in [0.1, 0.15) is 20.8 Å². The molecule has 2 amide bonds. The van der Waals surface area contributed by atoms with E-state index in [4.69, 9.17) is 14.6 Å². The third kappa shape index (κ3) is 3.94. The number of halogens is 1. The molecule has 0 unspecified atom stereocenters. The molecule has 0 bridgehead atoms. The Morgan fingerprint density at radius 2 is 2.17 bits per heavy atom. The molecule has 1 heterocycles. The van der Waals surface area contributed by atoms with Crippen LogP contribution in [0.15, 0.2) is 18.2 Å². The second-order valence-corrected chi connectivity index (χ2v) is 6.47. The third-order valence-corrected chi connectivity index (χ3v) is 3.35. The molecule has 2 rings (SSSR count). The van der Waals surface area contributed by atoms with Gasteiger partial charge in [0, 0.05) is 7.05 Å². The fourth-order valence-corrected chi connectivity index (χ4v) is 2.19. The first-order valence-corrected chi connectivity index (χ1v) is 7.47. The second-order valence-electron chi connectivity index (χ2n) is 6.47. The van der Waals surface area contributed by atoms with Gasteiger partial charge in [-0.3, -0.25) is 9.80 Å². The van der Waals surface area contributed by atoms with E-state index in [1.807, 2.05) is 0 Å². The summed E-state index contributed by atoms with van der Waals surface area (Å²) in [7, 11) is 1.40. The summed E-state index contributed by atoms with van der Waals surface area (Å²) < 4.78 is 24.5. The van der Waals surface area contributed by atoms with Crippen LogP contribution >= 0.6 is 0 Å². The number of amides is 2. The average Bonchev–Trinajstić information content (AvgIpc) is 2.86. The van der Waals surface area contributed by atoms with Crippen LogP contribution in [0.2, 0.25) is 0 Å². The summed E-state index contributed by atoms with van der Waals surface area (Å²) in [4.78, 5) is 26.0. The molecular weight excluding hydrogens is 319 g/mol. The summed E-state index contributed by atoms with van der Waals surface area (Å²) in [6, 6.07) is 4.02. The van der Waals surface area contributed by atoms with E-state index in [0.717, 1.165) is 11.0 Å². The van der Waals surface area contributed by atoms with Crippen molar-refractivity contribution >= 4 is 23.6 Å². The Morgan fingerprint density at radius 3 is 2.67 bits per heavy atom. The highest BCUT2D eigenvalue weighted by Crippen LogP contribution is 2.28. The van der Waals surface area contributed by atoms with Crippen LogP contribution < -0.4 is 9.80 Å². The largest absolute Gasteiger partial charge is 0.443 e. The van der Waals surface area contributed by atoms with Gasteiger partial charge in [-0.25, -0.2) is 14.0 Å². The third-order valence-electron chi connectivity index (χ3n) is 3.35. The van der Waals surface area contributed by atoms with Gasteiger partial charge < -0.3 is 14.6 Å². The molecular formula is C16H21FN2O5. The predicted molar refractivity (Wildman–Crippen MR) is 85.7 cm³/mol. The van der Waals surface area contributed by atoms with Crippen molar-refractivity contribution in [3.63, 3.8) is 0 Å². The molecule has 1 aliphatic rings. The topological polar surface area (TPSA) is 79.3 Å². The number of hydrogen-bond donors (Lipinski definition) is 1. The quantitative estimate of drug-likeness (QED) is 0.915. The fraction of sp³-hybridized carbons (Fsp3) is 0.500.